The highest BCUT2D eigenvalue weighted by Crippen LogP contribution is 2.22. The number of likely N-dealkylation sites (N-methyl/N-ethyl adjacent to an activating group) is 1. The van der Waals surface area contributed by atoms with Gasteiger partial charge < -0.3 is 14.5 Å². The molecule has 0 aliphatic carbocycles. The van der Waals surface area contributed by atoms with Crippen LogP contribution in [0.5, 0.6) is 0 Å². The predicted molar refractivity (Wildman–Crippen MR) is 113 cm³/mol. The largest absolute Gasteiger partial charge is 0.383 e. The molecule has 8 nitrogen and oxygen atoms in total. The van der Waals surface area contributed by atoms with Gasteiger partial charge in [-0.05, 0) is 57.8 Å². The van der Waals surface area contributed by atoms with Crippen molar-refractivity contribution in [2.45, 2.75) is 51.5 Å². The van der Waals surface area contributed by atoms with Crippen LogP contribution in [0.4, 0.5) is 0 Å². The summed E-state index contributed by atoms with van der Waals surface area (Å²) in [6, 6.07) is 0.435. The van der Waals surface area contributed by atoms with Crippen molar-refractivity contribution in [3.8, 4) is 0 Å². The Bertz CT molecular complexity index is 589. The van der Waals surface area contributed by atoms with Gasteiger partial charge in [0.2, 0.25) is 5.91 Å². The molecule has 29 heavy (non-hydrogen) atoms. The molecular weight excluding hydrogens is 370 g/mol. The maximum atomic E-state index is 13.3. The van der Waals surface area contributed by atoms with Crippen LogP contribution < -0.4 is 5.43 Å². The predicted octanol–water partition coefficient (Wildman–Crippen LogP) is 0.924. The molecule has 0 bridgehead atoms. The van der Waals surface area contributed by atoms with E-state index in [1.807, 2.05) is 4.90 Å². The third-order valence-electron chi connectivity index (χ3n) is 6.57. The molecule has 3 aliphatic heterocycles. The summed E-state index contributed by atoms with van der Waals surface area (Å²) < 4.78 is 5.19. The van der Waals surface area contributed by atoms with E-state index in [0.717, 1.165) is 71.7 Å². The number of piperidine rings is 1. The summed E-state index contributed by atoms with van der Waals surface area (Å²) in [6.07, 6.45) is 5.36. The minimum Gasteiger partial charge on any atom is -0.383 e. The van der Waals surface area contributed by atoms with Crippen molar-refractivity contribution in [2.24, 2.45) is 11.0 Å². The maximum Gasteiger partial charge on any atom is 0.270 e. The second-order valence-corrected chi connectivity index (χ2v) is 8.51. The van der Waals surface area contributed by atoms with Crippen molar-refractivity contribution in [2.75, 3.05) is 59.5 Å². The van der Waals surface area contributed by atoms with E-state index in [2.05, 4.69) is 27.3 Å². The lowest BCUT2D eigenvalue weighted by molar-refractivity contribution is -0.126. The van der Waals surface area contributed by atoms with Gasteiger partial charge in [0.05, 0.1) is 6.61 Å². The number of hydrazone groups is 1. The third kappa shape index (κ3) is 6.23. The Balaban J connectivity index is 1.61. The average molecular weight is 408 g/mol. The summed E-state index contributed by atoms with van der Waals surface area (Å²) in [6.45, 7) is 9.79. The molecule has 0 radical (unpaired) electrons. The molecule has 0 aromatic heterocycles. The molecule has 3 aliphatic rings. The molecule has 0 saturated carbocycles. The van der Waals surface area contributed by atoms with Crippen LogP contribution in [-0.2, 0) is 14.3 Å². The monoisotopic (exact) mass is 407 g/mol. The lowest BCUT2D eigenvalue weighted by Crippen LogP contribution is -2.49. The molecule has 2 amide bonds. The third-order valence-corrected chi connectivity index (χ3v) is 6.57. The first-order valence-corrected chi connectivity index (χ1v) is 11.2. The van der Waals surface area contributed by atoms with E-state index in [-0.39, 0.29) is 11.8 Å². The minimum absolute atomic E-state index is 0.00904. The number of rotatable bonds is 9. The number of likely N-dealkylation sites (tertiary alicyclic amines) is 2. The highest BCUT2D eigenvalue weighted by Gasteiger charge is 2.32. The van der Waals surface area contributed by atoms with Crippen LogP contribution in [0, 0.1) is 5.92 Å². The molecule has 0 unspecified atom stereocenters. The van der Waals surface area contributed by atoms with E-state index < -0.39 is 0 Å². The van der Waals surface area contributed by atoms with Crippen LogP contribution in [0.15, 0.2) is 5.10 Å². The topological polar surface area (TPSA) is 77.5 Å². The van der Waals surface area contributed by atoms with Gasteiger partial charge in [0.1, 0.15) is 5.71 Å². The molecule has 3 heterocycles. The normalized spacial score (nSPS) is 24.4. The molecule has 0 spiro atoms. The Morgan fingerprint density at radius 2 is 2.00 bits per heavy atom. The molecule has 164 valence electrons. The number of hydrogen-bond acceptors (Lipinski definition) is 6. The molecule has 0 aromatic carbocycles. The second-order valence-electron chi connectivity index (χ2n) is 8.51. The van der Waals surface area contributed by atoms with Gasteiger partial charge >= 0.3 is 0 Å². The maximum absolute atomic E-state index is 13.3. The van der Waals surface area contributed by atoms with Gasteiger partial charge in [0.25, 0.3) is 5.91 Å². The summed E-state index contributed by atoms with van der Waals surface area (Å²) in [5.41, 5.74) is 2.99. The van der Waals surface area contributed by atoms with Gasteiger partial charge in [-0.1, -0.05) is 6.92 Å². The van der Waals surface area contributed by atoms with Gasteiger partial charge in [-0.2, -0.15) is 5.10 Å². The molecule has 1 N–H and O–H groups in total. The first-order chi connectivity index (χ1) is 14.1. The number of methoxy groups -OCH3 is 1. The first-order valence-electron chi connectivity index (χ1n) is 11.2. The van der Waals surface area contributed by atoms with Crippen molar-refractivity contribution in [1.29, 1.82) is 0 Å². The minimum atomic E-state index is -0.107. The van der Waals surface area contributed by atoms with Gasteiger partial charge in [-0.3, -0.25) is 14.5 Å². The van der Waals surface area contributed by atoms with Crippen molar-refractivity contribution in [3.63, 3.8) is 0 Å². The Morgan fingerprint density at radius 3 is 2.66 bits per heavy atom. The van der Waals surface area contributed by atoms with Crippen LogP contribution in [0.3, 0.4) is 0 Å². The van der Waals surface area contributed by atoms with E-state index in [1.54, 1.807) is 7.11 Å². The van der Waals surface area contributed by atoms with Crippen molar-refractivity contribution >= 4 is 17.5 Å². The van der Waals surface area contributed by atoms with E-state index in [4.69, 9.17) is 4.74 Å². The van der Waals surface area contributed by atoms with E-state index in [9.17, 15) is 9.59 Å². The summed E-state index contributed by atoms with van der Waals surface area (Å²) in [7, 11) is 1.75. The Morgan fingerprint density at radius 1 is 1.21 bits per heavy atom. The van der Waals surface area contributed by atoms with E-state index >= 15 is 0 Å². The highest BCUT2D eigenvalue weighted by molar-refractivity contribution is 6.39. The number of ether oxygens (including phenoxy) is 1. The summed E-state index contributed by atoms with van der Waals surface area (Å²) in [5, 5.41) is 4.07. The zero-order chi connectivity index (χ0) is 20.6. The van der Waals surface area contributed by atoms with Crippen LogP contribution in [0.25, 0.3) is 0 Å². The van der Waals surface area contributed by atoms with Crippen LogP contribution in [0.2, 0.25) is 0 Å². The molecule has 8 heteroatoms. The van der Waals surface area contributed by atoms with Gasteiger partial charge in [-0.15, -0.1) is 0 Å². The van der Waals surface area contributed by atoms with Crippen LogP contribution in [0.1, 0.15) is 45.4 Å². The number of nitrogens with one attached hydrogen (secondary N) is 1. The smallest absolute Gasteiger partial charge is 0.270 e. The van der Waals surface area contributed by atoms with Crippen molar-refractivity contribution in [1.82, 2.24) is 20.1 Å². The number of carbonyl (C=O) groups is 2. The second kappa shape index (κ2) is 11.0. The lowest BCUT2D eigenvalue weighted by Gasteiger charge is -2.37. The molecule has 1 atom stereocenters. The number of carbonyl (C=O) groups excluding carboxylic acids is 2. The van der Waals surface area contributed by atoms with E-state index in [1.165, 1.54) is 6.42 Å². The van der Waals surface area contributed by atoms with Gasteiger partial charge in [0.15, 0.2) is 0 Å². The fourth-order valence-corrected chi connectivity index (χ4v) is 4.75. The first kappa shape index (κ1) is 22.2. The summed E-state index contributed by atoms with van der Waals surface area (Å²) in [5.74, 6) is 0.423. The van der Waals surface area contributed by atoms with Crippen LogP contribution >= 0.6 is 0 Å². The number of nitrogens with zero attached hydrogens (tertiary/aromatic N) is 4. The fraction of sp³-hybridized carbons (Fsp3) is 0.857. The Labute approximate surface area is 174 Å². The zero-order valence-corrected chi connectivity index (χ0v) is 18.1. The van der Waals surface area contributed by atoms with Crippen molar-refractivity contribution < 1.29 is 14.3 Å². The van der Waals surface area contributed by atoms with Gasteiger partial charge in [0, 0.05) is 45.6 Å². The van der Waals surface area contributed by atoms with E-state index in [0.29, 0.717) is 30.5 Å². The lowest BCUT2D eigenvalue weighted by atomic mass is 9.95. The number of hydrogen-bond donors (Lipinski definition) is 1. The van der Waals surface area contributed by atoms with Crippen molar-refractivity contribution in [3.05, 3.63) is 0 Å². The Kier molecular flexibility index (Phi) is 8.44. The zero-order valence-electron chi connectivity index (χ0n) is 18.1. The quantitative estimate of drug-likeness (QED) is 0.615. The Hall–Kier alpha value is -1.51. The summed E-state index contributed by atoms with van der Waals surface area (Å²) >= 11 is 0. The SMILES string of the molecule is CCN1CCC[C@@H]1CN(CC1CCN(CCOC)CC1)C(=O)C1=NNC(=O)CC1. The van der Waals surface area contributed by atoms with Gasteiger partial charge in [-0.25, -0.2) is 5.43 Å². The molecule has 0 aromatic rings. The average Bonchev–Trinajstić information content (AvgIpc) is 3.20. The molecule has 2 saturated heterocycles. The number of amides is 2. The highest BCUT2D eigenvalue weighted by atomic mass is 16.5. The standard InChI is InChI=1S/C21H37N5O3/c1-3-25-10-4-5-18(25)16-26(21(28)19-6-7-20(27)23-22-19)15-17-8-11-24(12-9-17)13-14-29-2/h17-18H,3-16H2,1-2H3,(H,23,27)/t18-/m1/s1. The molecule has 3 rings (SSSR count). The molecular formula is C21H37N5O3. The molecule has 2 fully saturated rings. The van der Waals surface area contributed by atoms with Crippen LogP contribution in [-0.4, -0.2) is 97.8 Å². The summed E-state index contributed by atoms with van der Waals surface area (Å²) in [4.78, 5) is 31.6. The fourth-order valence-electron chi connectivity index (χ4n) is 4.75.